The maximum absolute atomic E-state index is 5.58. The normalized spacial score (nSPS) is 10.9. The van der Waals surface area contributed by atoms with E-state index >= 15 is 0 Å². The summed E-state index contributed by atoms with van der Waals surface area (Å²) in [6, 6.07) is 6.14. The van der Waals surface area contributed by atoms with Gasteiger partial charge in [0.25, 0.3) is 0 Å². The van der Waals surface area contributed by atoms with Crippen molar-refractivity contribution in [3.63, 3.8) is 0 Å². The molecule has 2 rings (SSSR count). The highest BCUT2D eigenvalue weighted by Gasteiger charge is 2.07. The fourth-order valence-electron chi connectivity index (χ4n) is 2.01. The summed E-state index contributed by atoms with van der Waals surface area (Å²) < 4.78 is 5.50. The number of hydrogen-bond donors (Lipinski definition) is 2. The van der Waals surface area contributed by atoms with Crippen LogP contribution in [0.2, 0.25) is 0 Å². The molecule has 2 aromatic rings. The molecule has 3 heteroatoms. The number of aryl methyl sites for hydroxylation is 1. The summed E-state index contributed by atoms with van der Waals surface area (Å²) in [4.78, 5) is 3.40. The van der Waals surface area contributed by atoms with Gasteiger partial charge in [0.05, 0.1) is 6.61 Å². The maximum Gasteiger partial charge on any atom is 0.120 e. The number of nitrogens with two attached hydrogens (primary N) is 1. The first-order chi connectivity index (χ1) is 7.76. The number of rotatable bonds is 4. The van der Waals surface area contributed by atoms with Gasteiger partial charge in [0.2, 0.25) is 0 Å². The number of ether oxygens (including phenoxy) is 1. The van der Waals surface area contributed by atoms with Gasteiger partial charge in [-0.3, -0.25) is 0 Å². The van der Waals surface area contributed by atoms with Crippen LogP contribution in [-0.2, 0) is 6.42 Å². The molecular weight excluding hydrogens is 200 g/mol. The second kappa shape index (κ2) is 4.58. The molecule has 3 N–H and O–H groups in total. The first-order valence-electron chi connectivity index (χ1n) is 5.70. The molecule has 0 aliphatic heterocycles. The molecule has 0 aliphatic carbocycles. The molecule has 0 fully saturated rings. The van der Waals surface area contributed by atoms with E-state index < -0.39 is 0 Å². The highest BCUT2D eigenvalue weighted by molar-refractivity contribution is 5.85. The van der Waals surface area contributed by atoms with Gasteiger partial charge in [-0.1, -0.05) is 0 Å². The standard InChI is InChI=1S/C13H18N2O/c1-3-16-10-4-5-13-11(8-10)9(2)12(15-13)6-7-14/h4-5,8,15H,3,6-7,14H2,1-2H3. The molecule has 0 unspecified atom stereocenters. The van der Waals surface area contributed by atoms with E-state index in [0.29, 0.717) is 13.2 Å². The van der Waals surface area contributed by atoms with Gasteiger partial charge >= 0.3 is 0 Å². The van der Waals surface area contributed by atoms with Crippen molar-refractivity contribution in [2.45, 2.75) is 20.3 Å². The van der Waals surface area contributed by atoms with Gasteiger partial charge in [-0.2, -0.15) is 0 Å². The van der Waals surface area contributed by atoms with Crippen LogP contribution in [0.1, 0.15) is 18.2 Å². The molecule has 0 atom stereocenters. The van der Waals surface area contributed by atoms with E-state index in [0.717, 1.165) is 17.7 Å². The van der Waals surface area contributed by atoms with E-state index in [1.54, 1.807) is 0 Å². The monoisotopic (exact) mass is 218 g/mol. The minimum Gasteiger partial charge on any atom is -0.494 e. The summed E-state index contributed by atoms with van der Waals surface area (Å²) in [5, 5.41) is 1.23. The molecule has 0 saturated heterocycles. The van der Waals surface area contributed by atoms with Gasteiger partial charge in [-0.15, -0.1) is 0 Å². The number of hydrogen-bond acceptors (Lipinski definition) is 2. The van der Waals surface area contributed by atoms with Gasteiger partial charge in [0.15, 0.2) is 0 Å². The average Bonchev–Trinajstić information content (AvgIpc) is 2.58. The Morgan fingerprint density at radius 3 is 2.88 bits per heavy atom. The van der Waals surface area contributed by atoms with Crippen LogP contribution in [0.25, 0.3) is 10.9 Å². The van der Waals surface area contributed by atoms with Crippen LogP contribution < -0.4 is 10.5 Å². The molecule has 3 nitrogen and oxygen atoms in total. The fourth-order valence-corrected chi connectivity index (χ4v) is 2.01. The third-order valence-corrected chi connectivity index (χ3v) is 2.84. The molecule has 0 radical (unpaired) electrons. The van der Waals surface area contributed by atoms with E-state index in [1.165, 1.54) is 16.6 Å². The first-order valence-corrected chi connectivity index (χ1v) is 5.70. The molecule has 0 amide bonds. The highest BCUT2D eigenvalue weighted by Crippen LogP contribution is 2.26. The van der Waals surface area contributed by atoms with Crippen LogP contribution in [0.3, 0.4) is 0 Å². The lowest BCUT2D eigenvalue weighted by molar-refractivity contribution is 0.340. The van der Waals surface area contributed by atoms with Crippen LogP contribution in [0, 0.1) is 6.92 Å². The number of aromatic nitrogens is 1. The third-order valence-electron chi connectivity index (χ3n) is 2.84. The Balaban J connectivity index is 2.46. The zero-order chi connectivity index (χ0) is 11.5. The summed E-state index contributed by atoms with van der Waals surface area (Å²) in [6.45, 7) is 5.49. The summed E-state index contributed by atoms with van der Waals surface area (Å²) in [7, 11) is 0. The number of benzene rings is 1. The Morgan fingerprint density at radius 1 is 1.38 bits per heavy atom. The van der Waals surface area contributed by atoms with Crippen molar-refractivity contribution in [3.8, 4) is 5.75 Å². The van der Waals surface area contributed by atoms with Crippen LogP contribution in [-0.4, -0.2) is 18.1 Å². The molecule has 16 heavy (non-hydrogen) atoms. The molecule has 0 spiro atoms. The zero-order valence-electron chi connectivity index (χ0n) is 9.84. The van der Waals surface area contributed by atoms with Crippen molar-refractivity contribution < 1.29 is 4.74 Å². The minimum absolute atomic E-state index is 0.673. The number of aromatic amines is 1. The summed E-state index contributed by atoms with van der Waals surface area (Å²) in [5.41, 5.74) is 9.25. The SMILES string of the molecule is CCOc1ccc2[nH]c(CCN)c(C)c2c1. The summed E-state index contributed by atoms with van der Waals surface area (Å²) in [6.07, 6.45) is 0.893. The molecule has 0 aliphatic rings. The van der Waals surface area contributed by atoms with Crippen molar-refractivity contribution in [3.05, 3.63) is 29.5 Å². The molecule has 1 aromatic carbocycles. The van der Waals surface area contributed by atoms with Crippen LogP contribution >= 0.6 is 0 Å². The molecule has 0 bridgehead atoms. The van der Waals surface area contributed by atoms with Crippen molar-refractivity contribution >= 4 is 10.9 Å². The van der Waals surface area contributed by atoms with E-state index in [2.05, 4.69) is 24.0 Å². The van der Waals surface area contributed by atoms with E-state index in [4.69, 9.17) is 10.5 Å². The van der Waals surface area contributed by atoms with E-state index in [-0.39, 0.29) is 0 Å². The first kappa shape index (κ1) is 11.0. The Morgan fingerprint density at radius 2 is 2.19 bits per heavy atom. The molecule has 1 aromatic heterocycles. The second-order valence-electron chi connectivity index (χ2n) is 3.91. The Bertz CT molecular complexity index is 488. The number of H-pyrrole nitrogens is 1. The smallest absolute Gasteiger partial charge is 0.120 e. The second-order valence-corrected chi connectivity index (χ2v) is 3.91. The fraction of sp³-hybridized carbons (Fsp3) is 0.385. The van der Waals surface area contributed by atoms with Crippen molar-refractivity contribution in [2.75, 3.05) is 13.2 Å². The molecule has 86 valence electrons. The largest absolute Gasteiger partial charge is 0.494 e. The minimum atomic E-state index is 0.673. The average molecular weight is 218 g/mol. The van der Waals surface area contributed by atoms with E-state index in [9.17, 15) is 0 Å². The van der Waals surface area contributed by atoms with Crippen LogP contribution in [0.5, 0.6) is 5.75 Å². The third kappa shape index (κ3) is 1.91. The van der Waals surface area contributed by atoms with E-state index in [1.807, 2.05) is 13.0 Å². The summed E-state index contributed by atoms with van der Waals surface area (Å²) >= 11 is 0. The highest BCUT2D eigenvalue weighted by atomic mass is 16.5. The zero-order valence-corrected chi connectivity index (χ0v) is 9.84. The quantitative estimate of drug-likeness (QED) is 0.827. The van der Waals surface area contributed by atoms with Gasteiger partial charge in [0, 0.05) is 23.0 Å². The topological polar surface area (TPSA) is 51.0 Å². The molecular formula is C13H18N2O. The van der Waals surface area contributed by atoms with Gasteiger partial charge < -0.3 is 15.5 Å². The Hall–Kier alpha value is -1.48. The van der Waals surface area contributed by atoms with Gasteiger partial charge in [0.1, 0.15) is 5.75 Å². The van der Waals surface area contributed by atoms with Crippen LogP contribution in [0.4, 0.5) is 0 Å². The lowest BCUT2D eigenvalue weighted by Gasteiger charge is -2.02. The van der Waals surface area contributed by atoms with Gasteiger partial charge in [-0.25, -0.2) is 0 Å². The predicted octanol–water partition coefficient (Wildman–Crippen LogP) is 2.38. The predicted molar refractivity (Wildman–Crippen MR) is 67.0 cm³/mol. The van der Waals surface area contributed by atoms with Gasteiger partial charge in [-0.05, 0) is 44.2 Å². The summed E-state index contributed by atoms with van der Waals surface area (Å²) in [5.74, 6) is 0.927. The Labute approximate surface area is 95.6 Å². The van der Waals surface area contributed by atoms with Crippen molar-refractivity contribution in [1.82, 2.24) is 4.98 Å². The lowest BCUT2D eigenvalue weighted by Crippen LogP contribution is -2.03. The number of fused-ring (bicyclic) bond motifs is 1. The lowest BCUT2D eigenvalue weighted by atomic mass is 10.1. The van der Waals surface area contributed by atoms with Crippen LogP contribution in [0.15, 0.2) is 18.2 Å². The Kier molecular flexibility index (Phi) is 3.15. The molecule has 0 saturated carbocycles. The number of nitrogens with one attached hydrogen (secondary N) is 1. The molecule has 1 heterocycles. The maximum atomic E-state index is 5.58. The van der Waals surface area contributed by atoms with Crippen molar-refractivity contribution in [1.29, 1.82) is 0 Å². The van der Waals surface area contributed by atoms with Crippen molar-refractivity contribution in [2.24, 2.45) is 5.73 Å².